The first-order valence-electron chi connectivity index (χ1n) is 5.49. The summed E-state index contributed by atoms with van der Waals surface area (Å²) in [6.07, 6.45) is 4.54. The van der Waals surface area contributed by atoms with Gasteiger partial charge in [-0.05, 0) is 41.7 Å². The minimum atomic E-state index is 0.208. The number of Topliss-reactive ketones (excluding diaryl/α,β-unsaturated/α-hetero) is 1. The molecule has 1 aromatic rings. The van der Waals surface area contributed by atoms with Crippen molar-refractivity contribution in [2.24, 2.45) is 0 Å². The second-order valence-electron chi connectivity index (χ2n) is 4.01. The van der Waals surface area contributed by atoms with Crippen molar-refractivity contribution in [3.63, 3.8) is 0 Å². The van der Waals surface area contributed by atoms with Gasteiger partial charge in [-0.25, -0.2) is 0 Å². The van der Waals surface area contributed by atoms with Crippen LogP contribution in [-0.4, -0.2) is 18.5 Å². The molecule has 1 aliphatic heterocycles. The molecule has 0 spiro atoms. The maximum atomic E-state index is 11.6. The number of ketones is 1. The van der Waals surface area contributed by atoms with Gasteiger partial charge in [0, 0.05) is 19.4 Å². The summed E-state index contributed by atoms with van der Waals surface area (Å²) in [4.78, 5) is 11.6. The summed E-state index contributed by atoms with van der Waals surface area (Å²) in [5.41, 5.74) is 1.28. The Kier molecular flexibility index (Phi) is 3.92. The van der Waals surface area contributed by atoms with Crippen molar-refractivity contribution in [1.29, 1.82) is 0 Å². The largest absolute Gasteiger partial charge is 0.378 e. The Balaban J connectivity index is 1.68. The highest BCUT2D eigenvalue weighted by molar-refractivity contribution is 7.07. The highest BCUT2D eigenvalue weighted by atomic mass is 32.1. The highest BCUT2D eigenvalue weighted by Gasteiger charge is 2.18. The number of hydrogen-bond acceptors (Lipinski definition) is 3. The molecule has 0 aliphatic carbocycles. The van der Waals surface area contributed by atoms with Gasteiger partial charge in [0.15, 0.2) is 0 Å². The van der Waals surface area contributed by atoms with Crippen molar-refractivity contribution >= 4 is 17.1 Å². The van der Waals surface area contributed by atoms with Crippen LogP contribution in [0.15, 0.2) is 16.8 Å². The van der Waals surface area contributed by atoms with E-state index in [1.165, 1.54) is 5.56 Å². The number of aryl methyl sites for hydroxylation is 1. The van der Waals surface area contributed by atoms with E-state index in [-0.39, 0.29) is 6.10 Å². The van der Waals surface area contributed by atoms with E-state index in [9.17, 15) is 4.79 Å². The molecule has 0 aromatic carbocycles. The number of carbonyl (C=O) groups is 1. The van der Waals surface area contributed by atoms with Gasteiger partial charge in [-0.2, -0.15) is 11.3 Å². The van der Waals surface area contributed by atoms with E-state index < -0.39 is 0 Å². The SMILES string of the molecule is O=C(CCc1ccsc1)CC1CCCO1. The summed E-state index contributed by atoms with van der Waals surface area (Å²) in [5, 5.41) is 4.17. The van der Waals surface area contributed by atoms with E-state index >= 15 is 0 Å². The van der Waals surface area contributed by atoms with Crippen LogP contribution in [0.2, 0.25) is 0 Å². The fraction of sp³-hybridized carbons (Fsp3) is 0.583. The fourth-order valence-electron chi connectivity index (χ4n) is 1.88. The first-order chi connectivity index (χ1) is 7.34. The monoisotopic (exact) mass is 224 g/mol. The standard InChI is InChI=1S/C12H16O2S/c13-11(8-12-2-1-6-14-12)4-3-10-5-7-15-9-10/h5,7,9,12H,1-4,6,8H2. The Labute approximate surface area is 94.3 Å². The third-order valence-electron chi connectivity index (χ3n) is 2.75. The average Bonchev–Trinajstić information content (AvgIpc) is 2.86. The zero-order valence-corrected chi connectivity index (χ0v) is 9.59. The van der Waals surface area contributed by atoms with Crippen LogP contribution in [-0.2, 0) is 16.0 Å². The topological polar surface area (TPSA) is 26.3 Å². The molecular weight excluding hydrogens is 208 g/mol. The zero-order valence-electron chi connectivity index (χ0n) is 8.78. The molecule has 2 rings (SSSR count). The molecule has 0 bridgehead atoms. The Morgan fingerprint density at radius 3 is 3.20 bits per heavy atom. The molecule has 1 atom stereocenters. The van der Waals surface area contributed by atoms with Gasteiger partial charge in [0.2, 0.25) is 0 Å². The van der Waals surface area contributed by atoms with E-state index in [2.05, 4.69) is 16.8 Å². The number of rotatable bonds is 5. The molecule has 1 fully saturated rings. The van der Waals surface area contributed by atoms with Gasteiger partial charge in [0.25, 0.3) is 0 Å². The number of thiophene rings is 1. The molecule has 2 nitrogen and oxygen atoms in total. The lowest BCUT2D eigenvalue weighted by Crippen LogP contribution is -2.12. The van der Waals surface area contributed by atoms with Crippen LogP contribution in [0.5, 0.6) is 0 Å². The van der Waals surface area contributed by atoms with Gasteiger partial charge >= 0.3 is 0 Å². The minimum Gasteiger partial charge on any atom is -0.378 e. The number of carbonyl (C=O) groups excluding carboxylic acids is 1. The molecule has 1 aromatic heterocycles. The molecule has 1 aliphatic rings. The van der Waals surface area contributed by atoms with Gasteiger partial charge in [0.1, 0.15) is 5.78 Å². The minimum absolute atomic E-state index is 0.208. The van der Waals surface area contributed by atoms with Crippen LogP contribution in [0.4, 0.5) is 0 Å². The third kappa shape index (κ3) is 3.43. The maximum absolute atomic E-state index is 11.6. The fourth-order valence-corrected chi connectivity index (χ4v) is 2.58. The molecule has 0 radical (unpaired) electrons. The second kappa shape index (κ2) is 5.42. The number of ether oxygens (including phenoxy) is 1. The van der Waals surface area contributed by atoms with Crippen molar-refractivity contribution in [3.8, 4) is 0 Å². The zero-order chi connectivity index (χ0) is 10.5. The molecule has 0 amide bonds. The molecule has 15 heavy (non-hydrogen) atoms. The van der Waals surface area contributed by atoms with E-state index in [4.69, 9.17) is 4.74 Å². The van der Waals surface area contributed by atoms with Crippen LogP contribution < -0.4 is 0 Å². The van der Waals surface area contributed by atoms with Crippen LogP contribution >= 0.6 is 11.3 Å². The normalized spacial score (nSPS) is 20.7. The van der Waals surface area contributed by atoms with Crippen molar-refractivity contribution in [1.82, 2.24) is 0 Å². The lowest BCUT2D eigenvalue weighted by Gasteiger charge is -2.07. The third-order valence-corrected chi connectivity index (χ3v) is 3.48. The molecule has 0 N–H and O–H groups in total. The van der Waals surface area contributed by atoms with E-state index in [0.29, 0.717) is 18.6 Å². The molecule has 1 saturated heterocycles. The Morgan fingerprint density at radius 1 is 1.60 bits per heavy atom. The predicted molar refractivity (Wildman–Crippen MR) is 61.2 cm³/mol. The summed E-state index contributed by atoms with van der Waals surface area (Å²) in [7, 11) is 0. The van der Waals surface area contributed by atoms with E-state index in [0.717, 1.165) is 25.9 Å². The summed E-state index contributed by atoms with van der Waals surface area (Å²) in [5.74, 6) is 0.341. The average molecular weight is 224 g/mol. The van der Waals surface area contributed by atoms with Gasteiger partial charge < -0.3 is 4.74 Å². The predicted octanol–water partition coefficient (Wildman–Crippen LogP) is 2.82. The molecule has 3 heteroatoms. The van der Waals surface area contributed by atoms with Crippen LogP contribution in [0.1, 0.15) is 31.2 Å². The summed E-state index contributed by atoms with van der Waals surface area (Å²) in [6.45, 7) is 0.836. The van der Waals surface area contributed by atoms with Crippen molar-refractivity contribution < 1.29 is 9.53 Å². The summed E-state index contributed by atoms with van der Waals surface area (Å²) in [6, 6.07) is 2.09. The van der Waals surface area contributed by atoms with Gasteiger partial charge in [0.05, 0.1) is 6.10 Å². The quantitative estimate of drug-likeness (QED) is 0.768. The smallest absolute Gasteiger partial charge is 0.135 e. The first kappa shape index (κ1) is 10.8. The van der Waals surface area contributed by atoms with Crippen molar-refractivity contribution in [3.05, 3.63) is 22.4 Å². The van der Waals surface area contributed by atoms with Gasteiger partial charge in [-0.3, -0.25) is 4.79 Å². The van der Waals surface area contributed by atoms with E-state index in [1.807, 2.05) is 0 Å². The van der Waals surface area contributed by atoms with Crippen LogP contribution in [0.3, 0.4) is 0 Å². The van der Waals surface area contributed by atoms with Crippen LogP contribution in [0.25, 0.3) is 0 Å². The summed E-state index contributed by atoms with van der Waals surface area (Å²) >= 11 is 1.69. The van der Waals surface area contributed by atoms with Gasteiger partial charge in [-0.15, -0.1) is 0 Å². The second-order valence-corrected chi connectivity index (χ2v) is 4.79. The molecular formula is C12H16O2S. The lowest BCUT2D eigenvalue weighted by atomic mass is 10.0. The Hall–Kier alpha value is -0.670. The van der Waals surface area contributed by atoms with E-state index in [1.54, 1.807) is 11.3 Å². The van der Waals surface area contributed by atoms with Crippen LogP contribution in [0, 0.1) is 0 Å². The first-order valence-corrected chi connectivity index (χ1v) is 6.43. The summed E-state index contributed by atoms with van der Waals surface area (Å²) < 4.78 is 5.44. The molecule has 82 valence electrons. The van der Waals surface area contributed by atoms with Crippen molar-refractivity contribution in [2.45, 2.75) is 38.2 Å². The Morgan fingerprint density at radius 2 is 2.53 bits per heavy atom. The highest BCUT2D eigenvalue weighted by Crippen LogP contribution is 2.17. The maximum Gasteiger partial charge on any atom is 0.135 e. The van der Waals surface area contributed by atoms with Gasteiger partial charge in [-0.1, -0.05) is 0 Å². The van der Waals surface area contributed by atoms with Crippen molar-refractivity contribution in [2.75, 3.05) is 6.61 Å². The lowest BCUT2D eigenvalue weighted by molar-refractivity contribution is -0.121. The Bertz CT molecular complexity index is 299. The number of hydrogen-bond donors (Lipinski definition) is 0. The molecule has 2 heterocycles. The molecule has 0 saturated carbocycles. The molecule has 1 unspecified atom stereocenters.